The average molecular weight is 349 g/mol. The van der Waals surface area contributed by atoms with Gasteiger partial charge in [-0.3, -0.25) is 4.79 Å². The minimum atomic E-state index is -0.0201. The van der Waals surface area contributed by atoms with Gasteiger partial charge in [-0.1, -0.05) is 33.8 Å². The standard InChI is InChI=1S/C20H23N5O/c1-19(2)17(20(19,3)4)18(26)22-16-9-13-8-12(6-7-14(13)23-24-16)15-10-21-11-25(15)5/h6-11,17H,1-5H3,(H,22,24,26). The molecule has 1 fully saturated rings. The topological polar surface area (TPSA) is 72.7 Å². The summed E-state index contributed by atoms with van der Waals surface area (Å²) in [5.41, 5.74) is 2.85. The molecule has 134 valence electrons. The summed E-state index contributed by atoms with van der Waals surface area (Å²) in [5.74, 6) is 0.480. The first-order valence-corrected chi connectivity index (χ1v) is 8.77. The molecule has 0 radical (unpaired) electrons. The number of nitrogens with one attached hydrogen (secondary N) is 1. The Bertz CT molecular complexity index is 1000. The van der Waals surface area contributed by atoms with Crippen LogP contribution >= 0.6 is 0 Å². The summed E-state index contributed by atoms with van der Waals surface area (Å²) < 4.78 is 1.97. The second-order valence-corrected chi connectivity index (χ2v) is 8.26. The second-order valence-electron chi connectivity index (χ2n) is 8.26. The Morgan fingerprint density at radius 1 is 1.12 bits per heavy atom. The van der Waals surface area contributed by atoms with Crippen molar-refractivity contribution in [2.75, 3.05) is 5.32 Å². The molecule has 3 aromatic rings. The number of amides is 1. The summed E-state index contributed by atoms with van der Waals surface area (Å²) in [6.45, 7) is 8.51. The lowest BCUT2D eigenvalue weighted by molar-refractivity contribution is -0.118. The van der Waals surface area contributed by atoms with Gasteiger partial charge >= 0.3 is 0 Å². The van der Waals surface area contributed by atoms with Gasteiger partial charge in [0.2, 0.25) is 5.91 Å². The number of imidazole rings is 1. The van der Waals surface area contributed by atoms with E-state index in [1.54, 1.807) is 6.33 Å². The van der Waals surface area contributed by atoms with Crippen molar-refractivity contribution in [2.45, 2.75) is 27.7 Å². The highest BCUT2D eigenvalue weighted by Gasteiger charge is 2.68. The van der Waals surface area contributed by atoms with E-state index in [0.29, 0.717) is 5.82 Å². The van der Waals surface area contributed by atoms with Gasteiger partial charge in [-0.05, 0) is 29.0 Å². The van der Waals surface area contributed by atoms with Crippen LogP contribution in [0, 0.1) is 16.7 Å². The van der Waals surface area contributed by atoms with Gasteiger partial charge < -0.3 is 9.88 Å². The summed E-state index contributed by atoms with van der Waals surface area (Å²) in [7, 11) is 1.96. The summed E-state index contributed by atoms with van der Waals surface area (Å²) in [6, 6.07) is 7.86. The lowest BCUT2D eigenvalue weighted by Gasteiger charge is -2.07. The Morgan fingerprint density at radius 3 is 2.46 bits per heavy atom. The van der Waals surface area contributed by atoms with E-state index in [1.165, 1.54) is 0 Å². The van der Waals surface area contributed by atoms with E-state index in [4.69, 9.17) is 0 Å². The molecule has 2 heterocycles. The largest absolute Gasteiger partial charge is 0.334 e. The third-order valence-corrected chi connectivity index (χ3v) is 6.23. The van der Waals surface area contributed by atoms with Gasteiger partial charge in [-0.25, -0.2) is 4.98 Å². The van der Waals surface area contributed by atoms with Crippen LogP contribution in [-0.4, -0.2) is 25.7 Å². The highest BCUT2D eigenvalue weighted by molar-refractivity contribution is 5.96. The number of hydrogen-bond donors (Lipinski definition) is 1. The smallest absolute Gasteiger partial charge is 0.229 e. The number of anilines is 1. The van der Waals surface area contributed by atoms with E-state index < -0.39 is 0 Å². The van der Waals surface area contributed by atoms with E-state index in [1.807, 2.05) is 42.1 Å². The molecule has 6 nitrogen and oxygen atoms in total. The highest BCUT2D eigenvalue weighted by Crippen LogP contribution is 2.68. The molecule has 0 bridgehead atoms. The fourth-order valence-electron chi connectivity index (χ4n) is 3.95. The van der Waals surface area contributed by atoms with E-state index in [9.17, 15) is 4.79 Å². The number of carbonyl (C=O) groups is 1. The Hall–Kier alpha value is -2.76. The molecule has 0 atom stereocenters. The highest BCUT2D eigenvalue weighted by atomic mass is 16.2. The van der Waals surface area contributed by atoms with Gasteiger partial charge in [0.15, 0.2) is 5.82 Å². The van der Waals surface area contributed by atoms with Crippen LogP contribution in [0.1, 0.15) is 27.7 Å². The molecule has 6 heteroatoms. The van der Waals surface area contributed by atoms with Gasteiger partial charge in [0, 0.05) is 23.9 Å². The summed E-state index contributed by atoms with van der Waals surface area (Å²) in [4.78, 5) is 16.8. The lowest BCUT2D eigenvalue weighted by Crippen LogP contribution is -2.18. The maximum absolute atomic E-state index is 12.6. The number of fused-ring (bicyclic) bond motifs is 1. The molecule has 0 aliphatic heterocycles. The average Bonchev–Trinajstić information content (AvgIpc) is 2.86. The summed E-state index contributed by atoms with van der Waals surface area (Å²) in [6.07, 6.45) is 3.60. The molecule has 1 amide bonds. The zero-order chi connectivity index (χ0) is 18.7. The molecule has 2 aromatic heterocycles. The van der Waals surface area contributed by atoms with Crippen molar-refractivity contribution >= 4 is 22.6 Å². The van der Waals surface area contributed by atoms with Crippen LogP contribution in [0.3, 0.4) is 0 Å². The minimum Gasteiger partial charge on any atom is -0.334 e. The van der Waals surface area contributed by atoms with Crippen molar-refractivity contribution < 1.29 is 4.79 Å². The molecule has 0 saturated heterocycles. The molecule has 4 rings (SSSR count). The van der Waals surface area contributed by atoms with E-state index in [2.05, 4.69) is 48.2 Å². The SMILES string of the molecule is Cn1cncc1-c1ccc2nnc(NC(=O)C3C(C)(C)C3(C)C)cc2c1. The Labute approximate surface area is 152 Å². The van der Waals surface area contributed by atoms with Crippen molar-refractivity contribution in [1.82, 2.24) is 19.7 Å². The van der Waals surface area contributed by atoms with E-state index in [0.717, 1.165) is 22.2 Å². The molecule has 1 aliphatic carbocycles. The number of aromatic nitrogens is 4. The molecule has 26 heavy (non-hydrogen) atoms. The zero-order valence-electron chi connectivity index (χ0n) is 15.7. The van der Waals surface area contributed by atoms with Gasteiger partial charge in [-0.2, -0.15) is 0 Å². The van der Waals surface area contributed by atoms with Gasteiger partial charge in [0.05, 0.1) is 23.7 Å². The van der Waals surface area contributed by atoms with Crippen LogP contribution in [0.4, 0.5) is 5.82 Å². The molecular formula is C20H23N5O. The maximum Gasteiger partial charge on any atom is 0.229 e. The number of aryl methyl sites for hydroxylation is 1. The predicted octanol–water partition coefficient (Wildman–Crippen LogP) is 3.65. The number of hydrogen-bond acceptors (Lipinski definition) is 4. The quantitative estimate of drug-likeness (QED) is 0.783. The maximum atomic E-state index is 12.6. The first kappa shape index (κ1) is 16.7. The Balaban J connectivity index is 1.63. The summed E-state index contributed by atoms with van der Waals surface area (Å²) in [5, 5.41) is 12.3. The van der Waals surface area contributed by atoms with Crippen LogP contribution in [0.15, 0.2) is 36.8 Å². The molecule has 0 unspecified atom stereocenters. The molecule has 1 aliphatic rings. The minimum absolute atomic E-state index is 0.00589. The van der Waals surface area contributed by atoms with Crippen LogP contribution in [0.25, 0.3) is 22.2 Å². The van der Waals surface area contributed by atoms with Crippen molar-refractivity contribution in [3.8, 4) is 11.3 Å². The Morgan fingerprint density at radius 2 is 1.85 bits per heavy atom. The zero-order valence-corrected chi connectivity index (χ0v) is 15.7. The summed E-state index contributed by atoms with van der Waals surface area (Å²) >= 11 is 0. The third-order valence-electron chi connectivity index (χ3n) is 6.23. The molecule has 1 saturated carbocycles. The van der Waals surface area contributed by atoms with Crippen LogP contribution in [0.2, 0.25) is 0 Å². The molecular weight excluding hydrogens is 326 g/mol. The fourth-order valence-corrected chi connectivity index (χ4v) is 3.95. The normalized spacial score (nSPS) is 18.0. The number of nitrogens with zero attached hydrogens (tertiary/aromatic N) is 4. The fraction of sp³-hybridized carbons (Fsp3) is 0.400. The van der Waals surface area contributed by atoms with Crippen molar-refractivity contribution in [2.24, 2.45) is 23.8 Å². The van der Waals surface area contributed by atoms with Gasteiger partial charge in [-0.15, -0.1) is 10.2 Å². The number of rotatable bonds is 3. The number of benzene rings is 1. The first-order chi connectivity index (χ1) is 12.2. The van der Waals surface area contributed by atoms with Crippen LogP contribution in [-0.2, 0) is 11.8 Å². The van der Waals surface area contributed by atoms with Crippen molar-refractivity contribution in [3.63, 3.8) is 0 Å². The third kappa shape index (κ3) is 2.40. The van der Waals surface area contributed by atoms with Gasteiger partial charge in [0.1, 0.15) is 0 Å². The molecule has 1 aromatic carbocycles. The molecule has 1 N–H and O–H groups in total. The monoisotopic (exact) mass is 349 g/mol. The molecule has 0 spiro atoms. The van der Waals surface area contributed by atoms with E-state index in [-0.39, 0.29) is 22.7 Å². The Kier molecular flexibility index (Phi) is 3.45. The van der Waals surface area contributed by atoms with Crippen molar-refractivity contribution in [3.05, 3.63) is 36.8 Å². The lowest BCUT2D eigenvalue weighted by atomic mass is 10.0. The first-order valence-electron chi connectivity index (χ1n) is 8.77. The number of carbonyl (C=O) groups excluding carboxylic acids is 1. The predicted molar refractivity (Wildman–Crippen MR) is 101 cm³/mol. The van der Waals surface area contributed by atoms with Gasteiger partial charge in [0.25, 0.3) is 0 Å². The van der Waals surface area contributed by atoms with E-state index >= 15 is 0 Å². The van der Waals surface area contributed by atoms with Crippen LogP contribution in [0.5, 0.6) is 0 Å². The van der Waals surface area contributed by atoms with Crippen LogP contribution < -0.4 is 5.32 Å². The second kappa shape index (κ2) is 5.37. The van der Waals surface area contributed by atoms with Crippen molar-refractivity contribution in [1.29, 1.82) is 0 Å².